The molecule has 2 aromatic heterocycles. The Morgan fingerprint density at radius 3 is 2.50 bits per heavy atom. The van der Waals surface area contributed by atoms with Crippen LogP contribution in [0.1, 0.15) is 18.3 Å². The number of aromatic nitrogens is 4. The zero-order valence-electron chi connectivity index (χ0n) is 14.1. The van der Waals surface area contributed by atoms with Crippen molar-refractivity contribution in [1.82, 2.24) is 20.0 Å². The molecule has 0 radical (unpaired) electrons. The van der Waals surface area contributed by atoms with Crippen LogP contribution < -0.4 is 5.32 Å². The van der Waals surface area contributed by atoms with E-state index >= 15 is 0 Å². The van der Waals surface area contributed by atoms with Gasteiger partial charge in [-0.2, -0.15) is 5.10 Å². The predicted molar refractivity (Wildman–Crippen MR) is 98.9 cm³/mol. The van der Waals surface area contributed by atoms with E-state index in [1.165, 1.54) is 4.90 Å². The molecule has 0 spiro atoms. The lowest BCUT2D eigenvalue weighted by molar-refractivity contribution is 0.781. The highest BCUT2D eigenvalue weighted by Gasteiger charge is 2.07. The molecule has 0 amide bonds. The van der Waals surface area contributed by atoms with Gasteiger partial charge in [0.2, 0.25) is 0 Å². The molecule has 3 rings (SSSR count). The van der Waals surface area contributed by atoms with Gasteiger partial charge in [-0.25, -0.2) is 4.68 Å². The number of hydrogen-bond acceptors (Lipinski definition) is 5. The summed E-state index contributed by atoms with van der Waals surface area (Å²) in [5.74, 6) is 1.51. The number of anilines is 1. The number of thioether (sulfide) groups is 1. The lowest BCUT2D eigenvalue weighted by Crippen LogP contribution is -2.14. The molecule has 0 fully saturated rings. The van der Waals surface area contributed by atoms with Crippen molar-refractivity contribution in [1.29, 1.82) is 0 Å². The lowest BCUT2D eigenvalue weighted by atomic mass is 10.4. The Kier molecular flexibility index (Phi) is 5.15. The third-order valence-electron chi connectivity index (χ3n) is 3.53. The van der Waals surface area contributed by atoms with Crippen LogP contribution in [-0.2, 0) is 0 Å². The first-order valence-corrected chi connectivity index (χ1v) is 8.83. The molecule has 6 heteroatoms. The van der Waals surface area contributed by atoms with Crippen LogP contribution in [0.5, 0.6) is 0 Å². The summed E-state index contributed by atoms with van der Waals surface area (Å²) in [5, 5.41) is 16.7. The molecule has 24 heavy (non-hydrogen) atoms. The van der Waals surface area contributed by atoms with Crippen LogP contribution in [0.3, 0.4) is 0 Å². The highest BCUT2D eigenvalue weighted by Crippen LogP contribution is 2.22. The maximum Gasteiger partial charge on any atom is 0.176 e. The molecule has 0 saturated heterocycles. The quantitative estimate of drug-likeness (QED) is 0.691. The Morgan fingerprint density at radius 1 is 1.08 bits per heavy atom. The standard InChI is InChI=1S/C18H21N5S/c1-13-11-14(2)23(22-13)18-10-9-17(20-21-18)19-12-15(3)24-16-7-5-4-6-8-16/h4-11,15H,12H2,1-3H3,(H,19,20). The molecular formula is C18H21N5S. The summed E-state index contributed by atoms with van der Waals surface area (Å²) < 4.78 is 1.81. The van der Waals surface area contributed by atoms with Gasteiger partial charge < -0.3 is 5.32 Å². The zero-order valence-corrected chi connectivity index (χ0v) is 14.9. The van der Waals surface area contributed by atoms with E-state index in [0.29, 0.717) is 5.25 Å². The molecule has 0 saturated carbocycles. The third kappa shape index (κ3) is 4.14. The monoisotopic (exact) mass is 339 g/mol. The molecule has 1 aromatic carbocycles. The largest absolute Gasteiger partial charge is 0.367 e. The molecule has 0 bridgehead atoms. The van der Waals surface area contributed by atoms with Crippen LogP contribution in [0.15, 0.2) is 53.4 Å². The van der Waals surface area contributed by atoms with Crippen LogP contribution >= 0.6 is 11.8 Å². The Bertz CT molecular complexity index is 783. The molecule has 3 aromatic rings. The van der Waals surface area contributed by atoms with Gasteiger partial charge in [-0.05, 0) is 44.2 Å². The van der Waals surface area contributed by atoms with Crippen molar-refractivity contribution in [2.45, 2.75) is 30.9 Å². The molecule has 2 heterocycles. The smallest absolute Gasteiger partial charge is 0.176 e. The minimum atomic E-state index is 0.435. The topological polar surface area (TPSA) is 55.6 Å². The Labute approximate surface area is 146 Å². The van der Waals surface area contributed by atoms with Gasteiger partial charge in [0, 0.05) is 22.4 Å². The highest BCUT2D eigenvalue weighted by molar-refractivity contribution is 8.00. The van der Waals surface area contributed by atoms with E-state index < -0.39 is 0 Å². The van der Waals surface area contributed by atoms with Crippen molar-refractivity contribution in [3.05, 3.63) is 59.9 Å². The van der Waals surface area contributed by atoms with Gasteiger partial charge >= 0.3 is 0 Å². The van der Waals surface area contributed by atoms with E-state index in [2.05, 4.69) is 51.8 Å². The zero-order chi connectivity index (χ0) is 16.9. The number of aryl methyl sites for hydroxylation is 2. The Hall–Kier alpha value is -2.34. The molecule has 1 atom stereocenters. The summed E-state index contributed by atoms with van der Waals surface area (Å²) in [5.41, 5.74) is 2.03. The fourth-order valence-electron chi connectivity index (χ4n) is 2.41. The van der Waals surface area contributed by atoms with Crippen LogP contribution in [0.25, 0.3) is 5.82 Å². The van der Waals surface area contributed by atoms with Crippen LogP contribution in [0.4, 0.5) is 5.82 Å². The maximum absolute atomic E-state index is 4.42. The van der Waals surface area contributed by atoms with Crippen molar-refractivity contribution in [3.63, 3.8) is 0 Å². The summed E-state index contributed by atoms with van der Waals surface area (Å²) in [4.78, 5) is 1.28. The van der Waals surface area contributed by atoms with E-state index in [4.69, 9.17) is 0 Å². The first-order chi connectivity index (χ1) is 11.6. The normalized spacial score (nSPS) is 12.1. The average Bonchev–Trinajstić information content (AvgIpc) is 2.93. The molecule has 0 aliphatic heterocycles. The van der Waals surface area contributed by atoms with Crippen molar-refractivity contribution < 1.29 is 0 Å². The minimum absolute atomic E-state index is 0.435. The number of benzene rings is 1. The second-order valence-electron chi connectivity index (χ2n) is 5.74. The van der Waals surface area contributed by atoms with Gasteiger partial charge in [-0.1, -0.05) is 25.1 Å². The van der Waals surface area contributed by atoms with E-state index in [1.807, 2.05) is 49.9 Å². The molecule has 5 nitrogen and oxygen atoms in total. The van der Waals surface area contributed by atoms with Gasteiger partial charge in [-0.15, -0.1) is 22.0 Å². The van der Waals surface area contributed by atoms with Crippen LogP contribution in [0, 0.1) is 13.8 Å². The SMILES string of the molecule is Cc1cc(C)n(-c2ccc(NCC(C)Sc3ccccc3)nn2)n1. The second kappa shape index (κ2) is 7.49. The molecule has 0 aliphatic carbocycles. The van der Waals surface area contributed by atoms with Gasteiger partial charge in [0.05, 0.1) is 5.69 Å². The molecular weight excluding hydrogens is 318 g/mol. The average molecular weight is 339 g/mol. The summed E-state index contributed by atoms with van der Waals surface area (Å²) in [6.07, 6.45) is 0. The molecule has 0 aliphatic rings. The number of nitrogens with one attached hydrogen (secondary N) is 1. The van der Waals surface area contributed by atoms with Crippen LogP contribution in [-0.4, -0.2) is 31.8 Å². The highest BCUT2D eigenvalue weighted by atomic mass is 32.2. The predicted octanol–water partition coefficient (Wildman–Crippen LogP) is 3.87. The summed E-state index contributed by atoms with van der Waals surface area (Å²) in [7, 11) is 0. The summed E-state index contributed by atoms with van der Waals surface area (Å²) >= 11 is 1.84. The van der Waals surface area contributed by atoms with Crippen molar-refractivity contribution in [3.8, 4) is 5.82 Å². The van der Waals surface area contributed by atoms with Gasteiger partial charge in [-0.3, -0.25) is 0 Å². The van der Waals surface area contributed by atoms with E-state index in [-0.39, 0.29) is 0 Å². The van der Waals surface area contributed by atoms with Crippen molar-refractivity contribution >= 4 is 17.6 Å². The van der Waals surface area contributed by atoms with Gasteiger partial charge in [0.25, 0.3) is 0 Å². The van der Waals surface area contributed by atoms with E-state index in [9.17, 15) is 0 Å². The Balaban J connectivity index is 1.57. The maximum atomic E-state index is 4.42. The Morgan fingerprint density at radius 2 is 1.88 bits per heavy atom. The van der Waals surface area contributed by atoms with Gasteiger partial charge in [0.15, 0.2) is 5.82 Å². The van der Waals surface area contributed by atoms with Crippen molar-refractivity contribution in [2.24, 2.45) is 0 Å². The first-order valence-electron chi connectivity index (χ1n) is 7.95. The van der Waals surface area contributed by atoms with E-state index in [0.717, 1.165) is 29.6 Å². The minimum Gasteiger partial charge on any atom is -0.367 e. The fraction of sp³-hybridized carbons (Fsp3) is 0.278. The number of nitrogens with zero attached hydrogens (tertiary/aromatic N) is 4. The third-order valence-corrected chi connectivity index (χ3v) is 4.64. The summed E-state index contributed by atoms with van der Waals surface area (Å²) in [6, 6.07) is 16.3. The first kappa shape index (κ1) is 16.5. The van der Waals surface area contributed by atoms with Crippen molar-refractivity contribution in [2.75, 3.05) is 11.9 Å². The van der Waals surface area contributed by atoms with Crippen LogP contribution in [0.2, 0.25) is 0 Å². The molecule has 124 valence electrons. The number of rotatable bonds is 6. The van der Waals surface area contributed by atoms with Gasteiger partial charge in [0.1, 0.15) is 5.82 Å². The molecule has 1 unspecified atom stereocenters. The fourth-order valence-corrected chi connectivity index (χ4v) is 3.36. The molecule has 1 N–H and O–H groups in total. The summed E-state index contributed by atoms with van der Waals surface area (Å²) in [6.45, 7) is 7.00. The lowest BCUT2D eigenvalue weighted by Gasteiger charge is -2.12. The number of hydrogen-bond donors (Lipinski definition) is 1. The second-order valence-corrected chi connectivity index (χ2v) is 7.25. The van der Waals surface area contributed by atoms with E-state index in [1.54, 1.807) is 4.68 Å².